The number of rotatable bonds is 3. The molecule has 0 saturated heterocycles. The predicted octanol–water partition coefficient (Wildman–Crippen LogP) is 2.41. The van der Waals surface area contributed by atoms with Crippen LogP contribution in [0, 0.1) is 11.3 Å². The van der Waals surface area contributed by atoms with E-state index >= 15 is 0 Å². The molecule has 0 fully saturated rings. The summed E-state index contributed by atoms with van der Waals surface area (Å²) < 4.78 is 0. The van der Waals surface area contributed by atoms with E-state index in [9.17, 15) is 5.11 Å². The van der Waals surface area contributed by atoms with Crippen molar-refractivity contribution >= 4 is 0 Å². The lowest BCUT2D eigenvalue weighted by molar-refractivity contribution is 0.467. The van der Waals surface area contributed by atoms with E-state index in [0.717, 1.165) is 24.0 Å². The van der Waals surface area contributed by atoms with Gasteiger partial charge in [-0.1, -0.05) is 19.1 Å². The normalized spacial score (nSPS) is 9.54. The second kappa shape index (κ2) is 4.51. The number of phenolic OH excluding ortho intramolecular Hbond substituents is 1. The second-order valence-corrected chi connectivity index (χ2v) is 2.93. The number of hydrogen-bond donors (Lipinski definition) is 1. The average Bonchev–Trinajstić information content (AvgIpc) is 2.15. The predicted molar refractivity (Wildman–Crippen MR) is 51.4 cm³/mol. The van der Waals surface area contributed by atoms with Gasteiger partial charge >= 0.3 is 0 Å². The number of aromatic hydroxyl groups is 1. The Balaban J connectivity index is 2.93. The van der Waals surface area contributed by atoms with Crippen LogP contribution in [0.5, 0.6) is 5.75 Å². The van der Waals surface area contributed by atoms with E-state index in [4.69, 9.17) is 5.26 Å². The molecule has 0 atom stereocenters. The van der Waals surface area contributed by atoms with Crippen molar-refractivity contribution in [3.05, 3.63) is 29.3 Å². The van der Waals surface area contributed by atoms with E-state index in [2.05, 4.69) is 6.07 Å². The molecular formula is C11H13NO. The van der Waals surface area contributed by atoms with E-state index in [1.54, 1.807) is 6.07 Å². The molecule has 0 saturated carbocycles. The molecule has 0 heterocycles. The van der Waals surface area contributed by atoms with Crippen LogP contribution in [-0.4, -0.2) is 5.11 Å². The van der Waals surface area contributed by atoms with E-state index in [0.29, 0.717) is 12.2 Å². The summed E-state index contributed by atoms with van der Waals surface area (Å²) in [6, 6.07) is 7.58. The zero-order valence-electron chi connectivity index (χ0n) is 7.75. The van der Waals surface area contributed by atoms with E-state index in [-0.39, 0.29) is 0 Å². The number of benzene rings is 1. The molecule has 13 heavy (non-hydrogen) atoms. The lowest BCUT2D eigenvalue weighted by Crippen LogP contribution is -1.92. The van der Waals surface area contributed by atoms with Gasteiger partial charge in [-0.25, -0.2) is 0 Å². The number of phenols is 1. The highest BCUT2D eigenvalue weighted by Crippen LogP contribution is 2.22. The molecule has 2 nitrogen and oxygen atoms in total. The molecule has 0 aromatic heterocycles. The summed E-state index contributed by atoms with van der Waals surface area (Å²) >= 11 is 0. The number of nitrogens with zero attached hydrogens (tertiary/aromatic N) is 1. The molecule has 1 aromatic rings. The van der Waals surface area contributed by atoms with Gasteiger partial charge < -0.3 is 5.11 Å². The Morgan fingerprint density at radius 3 is 2.85 bits per heavy atom. The second-order valence-electron chi connectivity index (χ2n) is 2.93. The van der Waals surface area contributed by atoms with E-state index in [1.807, 2.05) is 19.1 Å². The Bertz CT molecular complexity index is 325. The third kappa shape index (κ3) is 2.22. The lowest BCUT2D eigenvalue weighted by atomic mass is 10.0. The van der Waals surface area contributed by atoms with E-state index in [1.165, 1.54) is 0 Å². The maximum absolute atomic E-state index is 9.51. The third-order valence-corrected chi connectivity index (χ3v) is 2.11. The fourth-order valence-corrected chi connectivity index (χ4v) is 1.45. The zero-order valence-corrected chi connectivity index (χ0v) is 7.75. The third-order valence-electron chi connectivity index (χ3n) is 2.11. The molecule has 0 spiro atoms. The molecule has 0 aliphatic heterocycles. The van der Waals surface area contributed by atoms with Gasteiger partial charge in [-0.3, -0.25) is 0 Å². The Morgan fingerprint density at radius 2 is 2.23 bits per heavy atom. The smallest absolute Gasteiger partial charge is 0.119 e. The molecule has 0 aliphatic rings. The van der Waals surface area contributed by atoms with Gasteiger partial charge in [0.1, 0.15) is 5.75 Å². The van der Waals surface area contributed by atoms with Gasteiger partial charge in [0.15, 0.2) is 0 Å². The number of hydrogen-bond acceptors (Lipinski definition) is 2. The summed E-state index contributed by atoms with van der Waals surface area (Å²) in [5.41, 5.74) is 2.06. The fourth-order valence-electron chi connectivity index (χ4n) is 1.45. The van der Waals surface area contributed by atoms with Crippen molar-refractivity contribution in [1.29, 1.82) is 5.26 Å². The monoisotopic (exact) mass is 175 g/mol. The molecule has 1 rings (SSSR count). The standard InChI is InChI=1S/C11H13NO/c1-2-10-9(6-4-8-12)5-3-7-11(10)13/h3,5,7,13H,2,4,6H2,1H3. The van der Waals surface area contributed by atoms with Gasteiger partial charge in [0.05, 0.1) is 6.07 Å². The van der Waals surface area contributed by atoms with Crippen LogP contribution in [0.4, 0.5) is 0 Å². The molecule has 1 aromatic carbocycles. The molecule has 0 radical (unpaired) electrons. The number of aryl methyl sites for hydroxylation is 1. The minimum atomic E-state index is 0.345. The van der Waals surface area contributed by atoms with Gasteiger partial charge in [0.2, 0.25) is 0 Å². The topological polar surface area (TPSA) is 44.0 Å². The van der Waals surface area contributed by atoms with Crippen LogP contribution in [0.1, 0.15) is 24.5 Å². The van der Waals surface area contributed by atoms with Crippen molar-refractivity contribution in [3.8, 4) is 11.8 Å². The summed E-state index contributed by atoms with van der Waals surface area (Å²) in [4.78, 5) is 0. The van der Waals surface area contributed by atoms with Crippen molar-refractivity contribution in [3.63, 3.8) is 0 Å². The number of nitriles is 1. The van der Waals surface area contributed by atoms with Gasteiger partial charge in [0, 0.05) is 6.42 Å². The highest BCUT2D eigenvalue weighted by Gasteiger charge is 2.04. The van der Waals surface area contributed by atoms with Crippen molar-refractivity contribution in [1.82, 2.24) is 0 Å². The molecule has 0 aliphatic carbocycles. The Hall–Kier alpha value is -1.49. The maximum Gasteiger partial charge on any atom is 0.119 e. The molecule has 0 amide bonds. The zero-order chi connectivity index (χ0) is 9.68. The van der Waals surface area contributed by atoms with Gasteiger partial charge in [-0.05, 0) is 30.0 Å². The summed E-state index contributed by atoms with van der Waals surface area (Å²) in [6.07, 6.45) is 2.05. The SMILES string of the molecule is CCc1c(O)cccc1CCC#N. The van der Waals surface area contributed by atoms with Crippen molar-refractivity contribution in [2.75, 3.05) is 0 Å². The maximum atomic E-state index is 9.51. The van der Waals surface area contributed by atoms with Gasteiger partial charge in [-0.2, -0.15) is 5.26 Å². The highest BCUT2D eigenvalue weighted by atomic mass is 16.3. The first-order chi connectivity index (χ1) is 6.29. The highest BCUT2D eigenvalue weighted by molar-refractivity contribution is 5.39. The Kier molecular flexibility index (Phi) is 3.33. The van der Waals surface area contributed by atoms with Gasteiger partial charge in [0.25, 0.3) is 0 Å². The first-order valence-corrected chi connectivity index (χ1v) is 4.46. The van der Waals surface area contributed by atoms with Crippen LogP contribution in [0.3, 0.4) is 0 Å². The molecular weight excluding hydrogens is 162 g/mol. The van der Waals surface area contributed by atoms with Crippen LogP contribution >= 0.6 is 0 Å². The van der Waals surface area contributed by atoms with Crippen LogP contribution < -0.4 is 0 Å². The van der Waals surface area contributed by atoms with Gasteiger partial charge in [-0.15, -0.1) is 0 Å². The molecule has 1 N–H and O–H groups in total. The quantitative estimate of drug-likeness (QED) is 0.766. The fraction of sp³-hybridized carbons (Fsp3) is 0.364. The summed E-state index contributed by atoms with van der Waals surface area (Å²) in [5, 5.41) is 18.0. The van der Waals surface area contributed by atoms with Crippen LogP contribution in [0.25, 0.3) is 0 Å². The van der Waals surface area contributed by atoms with E-state index < -0.39 is 0 Å². The molecule has 68 valence electrons. The Morgan fingerprint density at radius 1 is 1.46 bits per heavy atom. The van der Waals surface area contributed by atoms with Crippen molar-refractivity contribution in [2.45, 2.75) is 26.2 Å². The van der Waals surface area contributed by atoms with Crippen molar-refractivity contribution < 1.29 is 5.11 Å². The molecule has 2 heteroatoms. The van der Waals surface area contributed by atoms with Crippen LogP contribution in [-0.2, 0) is 12.8 Å². The minimum absolute atomic E-state index is 0.345. The molecule has 0 unspecified atom stereocenters. The molecule has 0 bridgehead atoms. The first-order valence-electron chi connectivity index (χ1n) is 4.46. The van der Waals surface area contributed by atoms with Crippen LogP contribution in [0.2, 0.25) is 0 Å². The summed E-state index contributed by atoms with van der Waals surface area (Å²) in [6.45, 7) is 2.00. The minimum Gasteiger partial charge on any atom is -0.508 e. The average molecular weight is 175 g/mol. The van der Waals surface area contributed by atoms with Crippen molar-refractivity contribution in [2.24, 2.45) is 0 Å². The van der Waals surface area contributed by atoms with Crippen LogP contribution in [0.15, 0.2) is 18.2 Å². The largest absolute Gasteiger partial charge is 0.508 e. The lowest BCUT2D eigenvalue weighted by Gasteiger charge is -2.07. The Labute approximate surface area is 78.4 Å². The summed E-state index contributed by atoms with van der Waals surface area (Å²) in [5.74, 6) is 0.345. The summed E-state index contributed by atoms with van der Waals surface area (Å²) in [7, 11) is 0. The first kappa shape index (κ1) is 9.60.